The number of carbonyl (C=O) groups is 1. The average Bonchev–Trinajstić information content (AvgIpc) is 3.40. The minimum absolute atomic E-state index is 0.0718. The Balaban J connectivity index is 1.28. The number of hydrogen-bond donors (Lipinski definition) is 2. The first-order valence-corrected chi connectivity index (χ1v) is 10.7. The van der Waals surface area contributed by atoms with Crippen LogP contribution in [0.15, 0.2) is 30.7 Å². The number of fused-ring (bicyclic) bond motifs is 2. The van der Waals surface area contributed by atoms with Crippen molar-refractivity contribution < 1.29 is 4.79 Å². The maximum Gasteiger partial charge on any atom is 0.241 e. The summed E-state index contributed by atoms with van der Waals surface area (Å²) >= 11 is 12.0. The molecule has 0 spiro atoms. The lowest BCUT2D eigenvalue weighted by Crippen LogP contribution is -2.51. The minimum atomic E-state index is 0.0718. The third kappa shape index (κ3) is 3.54. The van der Waals surface area contributed by atoms with Crippen molar-refractivity contribution >= 4 is 51.6 Å². The van der Waals surface area contributed by atoms with Gasteiger partial charge in [-0.05, 0) is 37.0 Å². The molecular weight excluding hydrogens is 425 g/mol. The van der Waals surface area contributed by atoms with E-state index in [9.17, 15) is 4.79 Å². The Bertz CT molecular complexity index is 1090. The van der Waals surface area contributed by atoms with Crippen LogP contribution in [0.4, 0.5) is 11.5 Å². The fourth-order valence-corrected chi connectivity index (χ4v) is 4.80. The van der Waals surface area contributed by atoms with E-state index in [2.05, 4.69) is 30.4 Å². The number of rotatable bonds is 4. The van der Waals surface area contributed by atoms with Crippen molar-refractivity contribution in [2.75, 3.05) is 36.4 Å². The molecule has 2 aromatic heterocycles. The number of benzene rings is 1. The third-order valence-corrected chi connectivity index (χ3v) is 6.82. The number of halogens is 2. The van der Waals surface area contributed by atoms with E-state index in [1.165, 1.54) is 0 Å². The molecule has 0 aliphatic carbocycles. The van der Waals surface area contributed by atoms with Crippen molar-refractivity contribution in [3.05, 3.63) is 40.8 Å². The molecule has 30 heavy (non-hydrogen) atoms. The number of anilines is 2. The zero-order valence-corrected chi connectivity index (χ0v) is 17.7. The van der Waals surface area contributed by atoms with E-state index in [1.54, 1.807) is 24.7 Å². The summed E-state index contributed by atoms with van der Waals surface area (Å²) in [4.78, 5) is 25.9. The SMILES string of the molecule is O=C(CNc1ccc(Cl)c(Cl)c1)N1CCC2CCN(c3ncnc4[nH]ncc34)C2C1. The van der Waals surface area contributed by atoms with Crippen LogP contribution in [0.1, 0.15) is 12.8 Å². The van der Waals surface area contributed by atoms with Gasteiger partial charge >= 0.3 is 0 Å². The number of amides is 1. The van der Waals surface area contributed by atoms with Crippen molar-refractivity contribution in [1.29, 1.82) is 0 Å². The van der Waals surface area contributed by atoms with Gasteiger partial charge in [-0.3, -0.25) is 9.89 Å². The van der Waals surface area contributed by atoms with Crippen LogP contribution in [-0.2, 0) is 4.79 Å². The quantitative estimate of drug-likeness (QED) is 0.640. The van der Waals surface area contributed by atoms with E-state index < -0.39 is 0 Å². The van der Waals surface area contributed by atoms with Crippen LogP contribution in [0.25, 0.3) is 11.0 Å². The monoisotopic (exact) mass is 445 g/mol. The summed E-state index contributed by atoms with van der Waals surface area (Å²) in [5.74, 6) is 1.53. The molecule has 4 heterocycles. The van der Waals surface area contributed by atoms with E-state index >= 15 is 0 Å². The number of carbonyl (C=O) groups excluding carboxylic acids is 1. The average molecular weight is 446 g/mol. The standard InChI is InChI=1S/C20H21Cl2N7O/c21-15-2-1-13(7-16(15)22)23-9-18(30)28-5-3-12-4-6-29(17(12)10-28)20-14-8-26-27-19(14)24-11-25-20/h1-2,7-8,11-12,17,23H,3-6,9-10H2,(H,24,25,26,27). The van der Waals surface area contributed by atoms with E-state index in [-0.39, 0.29) is 18.5 Å². The Kier molecular flexibility index (Phi) is 5.12. The van der Waals surface area contributed by atoms with Gasteiger partial charge in [-0.15, -0.1) is 0 Å². The maximum absolute atomic E-state index is 12.9. The van der Waals surface area contributed by atoms with Gasteiger partial charge in [0.05, 0.1) is 34.2 Å². The topological polar surface area (TPSA) is 90.0 Å². The Morgan fingerprint density at radius 1 is 1.20 bits per heavy atom. The third-order valence-electron chi connectivity index (χ3n) is 6.08. The summed E-state index contributed by atoms with van der Waals surface area (Å²) in [5, 5.41) is 12.0. The zero-order chi connectivity index (χ0) is 20.7. The van der Waals surface area contributed by atoms with Gasteiger partial charge in [0.1, 0.15) is 12.1 Å². The number of nitrogens with one attached hydrogen (secondary N) is 2. The molecule has 156 valence electrons. The smallest absolute Gasteiger partial charge is 0.241 e. The lowest BCUT2D eigenvalue weighted by atomic mass is 9.92. The summed E-state index contributed by atoms with van der Waals surface area (Å²) in [5.41, 5.74) is 1.51. The van der Waals surface area contributed by atoms with Crippen LogP contribution in [-0.4, -0.2) is 63.2 Å². The van der Waals surface area contributed by atoms with Crippen molar-refractivity contribution in [2.24, 2.45) is 5.92 Å². The molecule has 3 aromatic rings. The van der Waals surface area contributed by atoms with Crippen LogP contribution in [0.5, 0.6) is 0 Å². The predicted octanol–water partition coefficient (Wildman–Crippen LogP) is 3.20. The van der Waals surface area contributed by atoms with Gasteiger partial charge in [-0.25, -0.2) is 9.97 Å². The van der Waals surface area contributed by atoms with Crippen LogP contribution in [0.3, 0.4) is 0 Å². The van der Waals surface area contributed by atoms with Crippen LogP contribution >= 0.6 is 23.2 Å². The molecule has 2 unspecified atom stereocenters. The highest BCUT2D eigenvalue weighted by Crippen LogP contribution is 2.36. The molecule has 8 nitrogen and oxygen atoms in total. The fourth-order valence-electron chi connectivity index (χ4n) is 4.51. The van der Waals surface area contributed by atoms with Gasteiger partial charge in [0, 0.05) is 25.3 Å². The summed E-state index contributed by atoms with van der Waals surface area (Å²) in [7, 11) is 0. The highest BCUT2D eigenvalue weighted by atomic mass is 35.5. The van der Waals surface area contributed by atoms with Gasteiger partial charge in [0.25, 0.3) is 0 Å². The summed E-state index contributed by atoms with van der Waals surface area (Å²) < 4.78 is 0. The summed E-state index contributed by atoms with van der Waals surface area (Å²) in [6.07, 6.45) is 5.44. The van der Waals surface area contributed by atoms with Gasteiger partial charge in [-0.1, -0.05) is 23.2 Å². The second-order valence-electron chi connectivity index (χ2n) is 7.75. The number of aromatic amines is 1. The van der Waals surface area contributed by atoms with Crippen molar-refractivity contribution in [3.8, 4) is 0 Å². The highest BCUT2D eigenvalue weighted by molar-refractivity contribution is 6.42. The lowest BCUT2D eigenvalue weighted by Gasteiger charge is -2.39. The first-order chi connectivity index (χ1) is 14.6. The van der Waals surface area contributed by atoms with E-state index in [1.807, 2.05) is 11.0 Å². The molecule has 2 atom stereocenters. The number of likely N-dealkylation sites (tertiary alicyclic amines) is 1. The highest BCUT2D eigenvalue weighted by Gasteiger charge is 2.40. The van der Waals surface area contributed by atoms with Crippen LogP contribution in [0.2, 0.25) is 10.0 Å². The molecule has 10 heteroatoms. The zero-order valence-electron chi connectivity index (χ0n) is 16.2. The molecule has 1 aromatic carbocycles. The Labute approximate surface area is 183 Å². The van der Waals surface area contributed by atoms with E-state index in [0.717, 1.165) is 48.5 Å². The molecule has 0 saturated carbocycles. The maximum atomic E-state index is 12.9. The largest absolute Gasteiger partial charge is 0.376 e. The van der Waals surface area contributed by atoms with Gasteiger partial charge in [0.2, 0.25) is 5.91 Å². The van der Waals surface area contributed by atoms with Crippen molar-refractivity contribution in [2.45, 2.75) is 18.9 Å². The molecule has 0 bridgehead atoms. The first-order valence-electron chi connectivity index (χ1n) is 9.97. The normalized spacial score (nSPS) is 21.1. The van der Waals surface area contributed by atoms with Gasteiger partial charge in [0.15, 0.2) is 5.65 Å². The molecule has 2 saturated heterocycles. The number of nitrogens with zero attached hydrogens (tertiary/aromatic N) is 5. The number of H-pyrrole nitrogens is 1. The molecule has 2 fully saturated rings. The number of aromatic nitrogens is 4. The van der Waals surface area contributed by atoms with Gasteiger partial charge in [-0.2, -0.15) is 5.10 Å². The summed E-state index contributed by atoms with van der Waals surface area (Å²) in [6.45, 7) is 2.61. The van der Waals surface area contributed by atoms with Crippen LogP contribution in [0, 0.1) is 5.92 Å². The Morgan fingerprint density at radius 2 is 2.07 bits per heavy atom. The molecule has 2 aliphatic heterocycles. The molecule has 0 radical (unpaired) electrons. The van der Waals surface area contributed by atoms with Crippen molar-refractivity contribution in [1.82, 2.24) is 25.1 Å². The summed E-state index contributed by atoms with van der Waals surface area (Å²) in [6, 6.07) is 5.52. The Hall–Kier alpha value is -2.58. The van der Waals surface area contributed by atoms with E-state index in [4.69, 9.17) is 23.2 Å². The fraction of sp³-hybridized carbons (Fsp3) is 0.400. The number of hydrogen-bond acceptors (Lipinski definition) is 6. The minimum Gasteiger partial charge on any atom is -0.376 e. The Morgan fingerprint density at radius 3 is 2.93 bits per heavy atom. The molecular formula is C20H21Cl2N7O. The second kappa shape index (κ2) is 7.92. The molecule has 2 aliphatic rings. The van der Waals surface area contributed by atoms with E-state index in [0.29, 0.717) is 22.5 Å². The van der Waals surface area contributed by atoms with Crippen LogP contribution < -0.4 is 10.2 Å². The molecule has 1 amide bonds. The second-order valence-corrected chi connectivity index (χ2v) is 8.56. The van der Waals surface area contributed by atoms with Gasteiger partial charge < -0.3 is 15.1 Å². The molecule has 2 N–H and O–H groups in total. The predicted molar refractivity (Wildman–Crippen MR) is 117 cm³/mol. The number of piperidine rings is 1. The molecule has 5 rings (SSSR count). The first kappa shape index (κ1) is 19.4. The van der Waals surface area contributed by atoms with Crippen molar-refractivity contribution in [3.63, 3.8) is 0 Å². The lowest BCUT2D eigenvalue weighted by molar-refractivity contribution is -0.130.